The second-order valence-electron chi connectivity index (χ2n) is 6.45. The van der Waals surface area contributed by atoms with Gasteiger partial charge in [0.2, 0.25) is 6.10 Å². The van der Waals surface area contributed by atoms with Gasteiger partial charge in [-0.3, -0.25) is 14.9 Å². The fourth-order valence-corrected chi connectivity index (χ4v) is 2.95. The molecule has 0 aliphatic rings. The van der Waals surface area contributed by atoms with Crippen LogP contribution >= 0.6 is 11.6 Å². The van der Waals surface area contributed by atoms with E-state index in [0.29, 0.717) is 22.0 Å². The van der Waals surface area contributed by atoms with E-state index in [1.54, 1.807) is 48.5 Å². The number of hydrogen-bond acceptors (Lipinski definition) is 5. The predicted octanol–water partition coefficient (Wildman–Crippen LogP) is 5.32. The van der Waals surface area contributed by atoms with Crippen molar-refractivity contribution in [2.45, 2.75) is 13.0 Å². The van der Waals surface area contributed by atoms with E-state index in [0.717, 1.165) is 5.56 Å². The number of amides is 1. The van der Waals surface area contributed by atoms with Gasteiger partial charge in [0, 0.05) is 16.3 Å². The normalized spacial score (nSPS) is 11.4. The van der Waals surface area contributed by atoms with E-state index in [2.05, 4.69) is 5.32 Å². The molecule has 0 aromatic heterocycles. The molecular weight excluding hydrogens is 408 g/mol. The molecule has 0 aliphatic carbocycles. The summed E-state index contributed by atoms with van der Waals surface area (Å²) >= 11 is 6.14. The highest BCUT2D eigenvalue weighted by molar-refractivity contribution is 6.31. The molecule has 0 spiro atoms. The van der Waals surface area contributed by atoms with E-state index in [9.17, 15) is 14.9 Å². The highest BCUT2D eigenvalue weighted by atomic mass is 35.5. The molecule has 0 saturated carbocycles. The summed E-state index contributed by atoms with van der Waals surface area (Å²) in [5.74, 6) is -0.234. The molecule has 154 valence electrons. The van der Waals surface area contributed by atoms with Gasteiger partial charge in [0.25, 0.3) is 5.91 Å². The summed E-state index contributed by atoms with van der Waals surface area (Å²) < 4.78 is 10.9. The molecule has 0 heterocycles. The molecular formula is C22H19ClN2O5. The fraction of sp³-hybridized carbons (Fsp3) is 0.136. The van der Waals surface area contributed by atoms with Crippen LogP contribution < -0.4 is 14.8 Å². The Morgan fingerprint density at radius 1 is 1.10 bits per heavy atom. The second-order valence-corrected chi connectivity index (χ2v) is 6.86. The van der Waals surface area contributed by atoms with Crippen LogP contribution in [0.4, 0.5) is 11.4 Å². The van der Waals surface area contributed by atoms with Gasteiger partial charge in [0.15, 0.2) is 5.75 Å². The van der Waals surface area contributed by atoms with Crippen LogP contribution in [0.5, 0.6) is 11.5 Å². The lowest BCUT2D eigenvalue weighted by molar-refractivity contribution is -0.386. The van der Waals surface area contributed by atoms with E-state index in [4.69, 9.17) is 21.1 Å². The number of benzene rings is 3. The van der Waals surface area contributed by atoms with E-state index < -0.39 is 16.9 Å². The molecule has 0 aliphatic heterocycles. The number of anilines is 1. The van der Waals surface area contributed by atoms with Gasteiger partial charge < -0.3 is 14.8 Å². The van der Waals surface area contributed by atoms with Crippen LogP contribution in [-0.4, -0.2) is 17.9 Å². The predicted molar refractivity (Wildman–Crippen MR) is 114 cm³/mol. The van der Waals surface area contributed by atoms with E-state index in [1.807, 2.05) is 6.92 Å². The van der Waals surface area contributed by atoms with Gasteiger partial charge in [-0.15, -0.1) is 0 Å². The minimum atomic E-state index is -1.13. The van der Waals surface area contributed by atoms with Crippen molar-refractivity contribution >= 4 is 28.9 Å². The topological polar surface area (TPSA) is 90.7 Å². The molecule has 8 heteroatoms. The number of nitro groups is 1. The molecule has 3 rings (SSSR count). The van der Waals surface area contributed by atoms with Crippen LogP contribution in [0, 0.1) is 17.0 Å². The lowest BCUT2D eigenvalue weighted by atomic mass is 10.1. The Labute approximate surface area is 178 Å². The van der Waals surface area contributed by atoms with Crippen molar-refractivity contribution in [3.63, 3.8) is 0 Å². The summed E-state index contributed by atoms with van der Waals surface area (Å²) in [5.41, 5.74) is 1.60. The van der Waals surface area contributed by atoms with Gasteiger partial charge in [-0.25, -0.2) is 0 Å². The van der Waals surface area contributed by atoms with Crippen molar-refractivity contribution in [3.8, 4) is 11.5 Å². The summed E-state index contributed by atoms with van der Waals surface area (Å²) in [7, 11) is 1.41. The first kappa shape index (κ1) is 21.1. The number of rotatable bonds is 7. The maximum atomic E-state index is 13.0. The number of ether oxygens (including phenoxy) is 2. The van der Waals surface area contributed by atoms with Crippen molar-refractivity contribution in [3.05, 3.63) is 93.0 Å². The molecule has 3 aromatic carbocycles. The van der Waals surface area contributed by atoms with Crippen molar-refractivity contribution < 1.29 is 19.2 Å². The third-order valence-corrected chi connectivity index (χ3v) is 4.79. The molecule has 1 amide bonds. The Balaban J connectivity index is 1.95. The number of methoxy groups -OCH3 is 1. The molecule has 7 nitrogen and oxygen atoms in total. The molecule has 1 unspecified atom stereocenters. The first-order valence-electron chi connectivity index (χ1n) is 9.00. The monoisotopic (exact) mass is 426 g/mol. The van der Waals surface area contributed by atoms with Crippen molar-refractivity contribution in [2.75, 3.05) is 12.4 Å². The highest BCUT2D eigenvalue weighted by Gasteiger charge is 2.27. The van der Waals surface area contributed by atoms with Crippen LogP contribution in [0.15, 0.2) is 66.7 Å². The lowest BCUT2D eigenvalue weighted by Gasteiger charge is -2.19. The Kier molecular flexibility index (Phi) is 6.54. The van der Waals surface area contributed by atoms with Gasteiger partial charge in [-0.1, -0.05) is 48.0 Å². The van der Waals surface area contributed by atoms with Crippen LogP contribution in [0.3, 0.4) is 0 Å². The zero-order valence-corrected chi connectivity index (χ0v) is 17.1. The summed E-state index contributed by atoms with van der Waals surface area (Å²) in [6.07, 6.45) is -1.13. The number of carbonyl (C=O) groups excluding carboxylic acids is 1. The fourth-order valence-electron chi connectivity index (χ4n) is 2.77. The smallest absolute Gasteiger partial charge is 0.314 e. The highest BCUT2D eigenvalue weighted by Crippen LogP contribution is 2.34. The molecule has 1 atom stereocenters. The third-order valence-electron chi connectivity index (χ3n) is 4.39. The maximum absolute atomic E-state index is 13.0. The summed E-state index contributed by atoms with van der Waals surface area (Å²) in [4.78, 5) is 24.0. The number of nitrogens with zero attached hydrogens (tertiary/aromatic N) is 1. The van der Waals surface area contributed by atoms with Gasteiger partial charge >= 0.3 is 5.69 Å². The number of halogens is 1. The first-order valence-corrected chi connectivity index (χ1v) is 9.38. The molecule has 0 fully saturated rings. The van der Waals surface area contributed by atoms with Crippen molar-refractivity contribution in [2.24, 2.45) is 0 Å². The molecule has 0 bridgehead atoms. The first-order chi connectivity index (χ1) is 14.4. The van der Waals surface area contributed by atoms with Crippen LogP contribution in [-0.2, 0) is 4.79 Å². The average molecular weight is 427 g/mol. The maximum Gasteiger partial charge on any atom is 0.314 e. The Bertz CT molecular complexity index is 1070. The SMILES string of the molecule is COc1ccc(OC(C(=O)Nc2ccc(C)c(Cl)c2)c2ccccc2)c([N+](=O)[O-])c1. The van der Waals surface area contributed by atoms with Gasteiger partial charge in [0.1, 0.15) is 5.75 Å². The van der Waals surface area contributed by atoms with E-state index in [-0.39, 0.29) is 11.4 Å². The zero-order chi connectivity index (χ0) is 21.7. The average Bonchev–Trinajstić information content (AvgIpc) is 2.75. The number of nitro benzene ring substituents is 1. The van der Waals surface area contributed by atoms with Crippen LogP contribution in [0.25, 0.3) is 0 Å². The van der Waals surface area contributed by atoms with Gasteiger partial charge in [-0.05, 0) is 36.8 Å². The Morgan fingerprint density at radius 2 is 1.83 bits per heavy atom. The minimum absolute atomic E-state index is 0.0493. The minimum Gasteiger partial charge on any atom is -0.496 e. The third kappa shape index (κ3) is 4.87. The van der Waals surface area contributed by atoms with Gasteiger partial charge in [-0.2, -0.15) is 0 Å². The quantitative estimate of drug-likeness (QED) is 0.407. The van der Waals surface area contributed by atoms with Gasteiger partial charge in [0.05, 0.1) is 18.1 Å². The van der Waals surface area contributed by atoms with Crippen LogP contribution in [0.2, 0.25) is 5.02 Å². The molecule has 3 aromatic rings. The molecule has 1 N–H and O–H groups in total. The zero-order valence-electron chi connectivity index (χ0n) is 16.3. The second kappa shape index (κ2) is 9.28. The number of carbonyl (C=O) groups is 1. The number of hydrogen-bond donors (Lipinski definition) is 1. The molecule has 0 saturated heterocycles. The largest absolute Gasteiger partial charge is 0.496 e. The summed E-state index contributed by atoms with van der Waals surface area (Å²) in [6.45, 7) is 1.85. The lowest BCUT2D eigenvalue weighted by Crippen LogP contribution is -2.26. The number of nitrogens with one attached hydrogen (secondary N) is 1. The van der Waals surface area contributed by atoms with Crippen LogP contribution in [0.1, 0.15) is 17.2 Å². The van der Waals surface area contributed by atoms with E-state index >= 15 is 0 Å². The Morgan fingerprint density at radius 3 is 2.47 bits per heavy atom. The Hall–Kier alpha value is -3.58. The number of aryl methyl sites for hydroxylation is 1. The van der Waals surface area contributed by atoms with E-state index in [1.165, 1.54) is 25.3 Å². The van der Waals surface area contributed by atoms with Crippen molar-refractivity contribution in [1.29, 1.82) is 0 Å². The standard InChI is InChI=1S/C22H19ClN2O5/c1-14-8-9-16(12-18(14)23)24-22(26)21(15-6-4-3-5-7-15)30-20-11-10-17(29-2)13-19(20)25(27)28/h3-13,21H,1-2H3,(H,24,26). The molecule has 0 radical (unpaired) electrons. The molecule has 30 heavy (non-hydrogen) atoms. The van der Waals surface area contributed by atoms with Crippen molar-refractivity contribution in [1.82, 2.24) is 0 Å². The summed E-state index contributed by atoms with van der Waals surface area (Å²) in [5, 5.41) is 14.8. The summed E-state index contributed by atoms with van der Waals surface area (Å²) in [6, 6.07) is 18.0.